The monoisotopic (exact) mass is 329 g/mol. The van der Waals surface area contributed by atoms with Gasteiger partial charge in [0.25, 0.3) is 0 Å². The maximum absolute atomic E-state index is 9.81. The van der Waals surface area contributed by atoms with Gasteiger partial charge in [0, 0.05) is 48.4 Å². The number of pyridine rings is 1. The average Bonchev–Trinajstić information content (AvgIpc) is 2.95. The Morgan fingerprint density at radius 2 is 1.88 bits per heavy atom. The van der Waals surface area contributed by atoms with Crippen molar-refractivity contribution in [3.8, 4) is 11.5 Å². The van der Waals surface area contributed by atoms with Crippen LogP contribution < -0.4 is 10.6 Å². The van der Waals surface area contributed by atoms with Crippen LogP contribution in [0.2, 0.25) is 0 Å². The minimum atomic E-state index is -0.109. The molecule has 2 aliphatic rings. The predicted molar refractivity (Wildman–Crippen MR) is 97.9 cm³/mol. The smallest absolute Gasteiger partial charge is 0.159 e. The maximum Gasteiger partial charge on any atom is 0.159 e. The molecule has 1 saturated heterocycles. The summed E-state index contributed by atoms with van der Waals surface area (Å²) in [4.78, 5) is 4.66. The number of aryl methyl sites for hydroxylation is 1. The number of benzene rings is 1. The Kier molecular flexibility index (Phi) is 5.09. The van der Waals surface area contributed by atoms with Gasteiger partial charge >= 0.3 is 0 Å². The van der Waals surface area contributed by atoms with Crippen LogP contribution in [0.3, 0.4) is 0 Å². The fourth-order valence-electron chi connectivity index (χ4n) is 3.23. The number of nitrogens with zero attached hydrogens (tertiary/aromatic N) is 1. The van der Waals surface area contributed by atoms with Crippen molar-refractivity contribution in [2.45, 2.75) is 39.5 Å². The highest BCUT2D eigenvalue weighted by molar-refractivity contribution is 5.95. The highest BCUT2D eigenvalue weighted by Crippen LogP contribution is 2.38. The first-order valence-electron chi connectivity index (χ1n) is 8.96. The maximum atomic E-state index is 9.81. The molecule has 5 nitrogen and oxygen atoms in total. The van der Waals surface area contributed by atoms with E-state index >= 15 is 0 Å². The summed E-state index contributed by atoms with van der Waals surface area (Å²) < 4.78 is 0. The van der Waals surface area contributed by atoms with Gasteiger partial charge < -0.3 is 20.8 Å². The number of aromatic hydroxyl groups is 2. The van der Waals surface area contributed by atoms with Crippen molar-refractivity contribution >= 4 is 16.6 Å². The number of nitrogens with one attached hydrogen (secondary N) is 2. The number of hydrogen-bond donors (Lipinski definition) is 4. The van der Waals surface area contributed by atoms with E-state index in [9.17, 15) is 10.2 Å². The predicted octanol–water partition coefficient (Wildman–Crippen LogP) is 3.18. The summed E-state index contributed by atoms with van der Waals surface area (Å²) in [7, 11) is 0. The van der Waals surface area contributed by atoms with Crippen molar-refractivity contribution in [3.63, 3.8) is 0 Å². The first kappa shape index (κ1) is 16.8. The summed E-state index contributed by atoms with van der Waals surface area (Å²) in [5.41, 5.74) is 4.25. The van der Waals surface area contributed by atoms with Gasteiger partial charge in [-0.25, -0.2) is 0 Å². The van der Waals surface area contributed by atoms with Crippen molar-refractivity contribution in [3.05, 3.63) is 23.4 Å². The van der Waals surface area contributed by atoms with Gasteiger partial charge in [-0.2, -0.15) is 0 Å². The van der Waals surface area contributed by atoms with Crippen LogP contribution in [-0.4, -0.2) is 34.8 Å². The van der Waals surface area contributed by atoms with Crippen LogP contribution in [0.1, 0.15) is 37.9 Å². The normalized spacial score (nSPS) is 16.2. The van der Waals surface area contributed by atoms with Gasteiger partial charge in [0.2, 0.25) is 0 Å². The number of rotatable bonds is 3. The van der Waals surface area contributed by atoms with Gasteiger partial charge in [-0.3, -0.25) is 4.98 Å². The van der Waals surface area contributed by atoms with Crippen LogP contribution in [0, 0.1) is 5.92 Å². The minimum absolute atomic E-state index is 0.0874. The van der Waals surface area contributed by atoms with Gasteiger partial charge in [0.1, 0.15) is 0 Å². The Morgan fingerprint density at radius 3 is 2.54 bits per heavy atom. The fraction of sp³-hybridized carbons (Fsp3) is 0.526. The third kappa shape index (κ3) is 3.26. The average molecular weight is 329 g/mol. The van der Waals surface area contributed by atoms with E-state index in [4.69, 9.17) is 0 Å². The number of aromatic nitrogens is 1. The lowest BCUT2D eigenvalue weighted by molar-refractivity contribution is 0.365. The van der Waals surface area contributed by atoms with E-state index in [1.54, 1.807) is 12.1 Å². The Morgan fingerprint density at radius 1 is 1.17 bits per heavy atom. The SMILES string of the molecule is CCC.Oc1cc2nc3c(c(NCC4CNC4)c2cc1O)CCC3. The Bertz CT molecular complexity index is 726. The Balaban J connectivity index is 0.000000526. The molecule has 2 aromatic rings. The van der Waals surface area contributed by atoms with Crippen LogP contribution in [0.4, 0.5) is 5.69 Å². The molecule has 1 aliphatic heterocycles. The van der Waals surface area contributed by atoms with E-state index in [0.29, 0.717) is 5.92 Å². The van der Waals surface area contributed by atoms with E-state index in [1.165, 1.54) is 12.0 Å². The first-order valence-corrected chi connectivity index (χ1v) is 8.96. The molecule has 2 heterocycles. The molecule has 0 saturated carbocycles. The molecule has 0 unspecified atom stereocenters. The molecular formula is C19H27N3O2. The molecule has 0 amide bonds. The van der Waals surface area contributed by atoms with Crippen LogP contribution >= 0.6 is 0 Å². The Labute approximate surface area is 143 Å². The number of phenolic OH excluding ortho intramolecular Hbond substituents is 2. The molecule has 1 aliphatic carbocycles. The summed E-state index contributed by atoms with van der Waals surface area (Å²) in [6.07, 6.45) is 4.40. The molecule has 24 heavy (non-hydrogen) atoms. The summed E-state index contributed by atoms with van der Waals surface area (Å²) in [5.74, 6) is 0.466. The molecule has 0 atom stereocenters. The van der Waals surface area contributed by atoms with Crippen molar-refractivity contribution in [1.82, 2.24) is 10.3 Å². The fourth-order valence-corrected chi connectivity index (χ4v) is 3.23. The lowest BCUT2D eigenvalue weighted by Gasteiger charge is -2.28. The van der Waals surface area contributed by atoms with Gasteiger partial charge in [-0.15, -0.1) is 0 Å². The van der Waals surface area contributed by atoms with E-state index in [2.05, 4.69) is 29.5 Å². The third-order valence-corrected chi connectivity index (χ3v) is 4.54. The number of fused-ring (bicyclic) bond motifs is 2. The summed E-state index contributed by atoms with van der Waals surface area (Å²) in [6, 6.07) is 3.18. The van der Waals surface area contributed by atoms with Crippen molar-refractivity contribution < 1.29 is 10.2 Å². The molecule has 4 N–H and O–H groups in total. The lowest BCUT2D eigenvalue weighted by atomic mass is 10.0. The topological polar surface area (TPSA) is 77.4 Å². The number of anilines is 1. The van der Waals surface area contributed by atoms with E-state index in [1.807, 2.05) is 0 Å². The molecular weight excluding hydrogens is 302 g/mol. The van der Waals surface area contributed by atoms with E-state index < -0.39 is 0 Å². The zero-order chi connectivity index (χ0) is 17.1. The molecule has 0 radical (unpaired) electrons. The zero-order valence-corrected chi connectivity index (χ0v) is 14.5. The quantitative estimate of drug-likeness (QED) is 0.651. The summed E-state index contributed by atoms with van der Waals surface area (Å²) >= 11 is 0. The molecule has 5 heteroatoms. The standard InChI is InChI=1S/C16H19N3O2.C3H8/c20-14-4-11-13(5-15(14)21)19-12-3-1-2-10(12)16(11)18-8-9-6-17-7-9;1-3-2/h4-5,9,17,20-21H,1-3,6-8H2,(H,18,19);3H2,1-2H3. The zero-order valence-electron chi connectivity index (χ0n) is 14.5. The molecule has 0 bridgehead atoms. The minimum Gasteiger partial charge on any atom is -0.504 e. The second-order valence-electron chi connectivity index (χ2n) is 6.74. The van der Waals surface area contributed by atoms with Gasteiger partial charge in [0.05, 0.1) is 5.52 Å². The summed E-state index contributed by atoms with van der Waals surface area (Å²) in [5, 5.41) is 27.3. The second kappa shape index (κ2) is 7.26. The Hall–Kier alpha value is -2.01. The van der Waals surface area contributed by atoms with Crippen molar-refractivity contribution in [2.24, 2.45) is 5.92 Å². The second-order valence-corrected chi connectivity index (χ2v) is 6.74. The van der Waals surface area contributed by atoms with E-state index in [-0.39, 0.29) is 11.5 Å². The highest BCUT2D eigenvalue weighted by atomic mass is 16.3. The van der Waals surface area contributed by atoms with Crippen molar-refractivity contribution in [1.29, 1.82) is 0 Å². The molecule has 4 rings (SSSR count). The first-order chi connectivity index (χ1) is 11.6. The van der Waals surface area contributed by atoms with Gasteiger partial charge in [0.15, 0.2) is 11.5 Å². The third-order valence-electron chi connectivity index (χ3n) is 4.54. The number of phenols is 2. The molecule has 0 spiro atoms. The highest BCUT2D eigenvalue weighted by Gasteiger charge is 2.22. The van der Waals surface area contributed by atoms with E-state index in [0.717, 1.165) is 61.2 Å². The molecule has 1 aromatic heterocycles. The summed E-state index contributed by atoms with van der Waals surface area (Å²) in [6.45, 7) is 7.30. The van der Waals surface area contributed by atoms with Crippen molar-refractivity contribution in [2.75, 3.05) is 25.0 Å². The largest absolute Gasteiger partial charge is 0.504 e. The molecule has 130 valence electrons. The molecule has 1 fully saturated rings. The molecule has 1 aromatic carbocycles. The van der Waals surface area contributed by atoms with Crippen LogP contribution in [0.25, 0.3) is 10.9 Å². The lowest BCUT2D eigenvalue weighted by Crippen LogP contribution is -2.45. The number of hydrogen-bond acceptors (Lipinski definition) is 5. The van der Waals surface area contributed by atoms with Gasteiger partial charge in [-0.1, -0.05) is 20.3 Å². The van der Waals surface area contributed by atoms with Crippen LogP contribution in [0.5, 0.6) is 11.5 Å². The van der Waals surface area contributed by atoms with Gasteiger partial charge in [-0.05, 0) is 30.9 Å². The van der Waals surface area contributed by atoms with Crippen LogP contribution in [0.15, 0.2) is 12.1 Å². The van der Waals surface area contributed by atoms with Crippen LogP contribution in [-0.2, 0) is 12.8 Å².